The molecule has 0 aliphatic carbocycles. The van der Waals surface area contributed by atoms with Crippen molar-refractivity contribution in [2.24, 2.45) is 0 Å². The molecular formula is C12H23NO2. The van der Waals surface area contributed by atoms with Crippen molar-refractivity contribution in [3.63, 3.8) is 0 Å². The highest BCUT2D eigenvalue weighted by atomic mass is 16.5. The number of nitrogens with zero attached hydrogens (tertiary/aromatic N) is 1. The van der Waals surface area contributed by atoms with Crippen LogP contribution in [0.3, 0.4) is 0 Å². The number of carbonyl (C=O) groups excluding carboxylic acids is 1. The Bertz CT molecular complexity index is 230. The molecule has 3 nitrogen and oxygen atoms in total. The highest BCUT2D eigenvalue weighted by Gasteiger charge is 2.37. The first kappa shape index (κ1) is 12.7. The number of hydrogen-bond acceptors (Lipinski definition) is 3. The van der Waals surface area contributed by atoms with Gasteiger partial charge in [0.05, 0.1) is 11.2 Å². The highest BCUT2D eigenvalue weighted by molar-refractivity contribution is 5.75. The SMILES string of the molecule is CC(=O)CCN1CC(C)(C)OC(C)(C)C1. The van der Waals surface area contributed by atoms with Crippen LogP contribution in [-0.2, 0) is 9.53 Å². The summed E-state index contributed by atoms with van der Waals surface area (Å²) in [5.41, 5.74) is -0.225. The van der Waals surface area contributed by atoms with Gasteiger partial charge in [0, 0.05) is 26.1 Å². The van der Waals surface area contributed by atoms with Crippen molar-refractivity contribution < 1.29 is 9.53 Å². The second-order valence-electron chi connectivity index (χ2n) is 5.78. The Hall–Kier alpha value is -0.410. The third-order valence-corrected chi connectivity index (χ3v) is 2.54. The van der Waals surface area contributed by atoms with Crippen LogP contribution in [-0.4, -0.2) is 41.5 Å². The van der Waals surface area contributed by atoms with Crippen LogP contribution < -0.4 is 0 Å². The molecule has 1 aliphatic rings. The fourth-order valence-corrected chi connectivity index (χ4v) is 2.42. The van der Waals surface area contributed by atoms with Crippen molar-refractivity contribution in [2.45, 2.75) is 52.2 Å². The van der Waals surface area contributed by atoms with Crippen molar-refractivity contribution in [2.75, 3.05) is 19.6 Å². The number of Topliss-reactive ketones (excluding diaryl/α,β-unsaturated/α-hetero) is 1. The third-order valence-electron chi connectivity index (χ3n) is 2.54. The summed E-state index contributed by atoms with van der Waals surface area (Å²) in [4.78, 5) is 13.3. The zero-order valence-electron chi connectivity index (χ0n) is 10.6. The monoisotopic (exact) mass is 213 g/mol. The molecule has 1 rings (SSSR count). The van der Waals surface area contributed by atoms with Crippen LogP contribution in [0.15, 0.2) is 0 Å². The minimum Gasteiger partial charge on any atom is -0.367 e. The van der Waals surface area contributed by atoms with Crippen LogP contribution in [0, 0.1) is 0 Å². The lowest BCUT2D eigenvalue weighted by molar-refractivity contribution is -0.180. The maximum Gasteiger partial charge on any atom is 0.131 e. The van der Waals surface area contributed by atoms with Crippen LogP contribution in [0.1, 0.15) is 41.0 Å². The van der Waals surface area contributed by atoms with Crippen molar-refractivity contribution in [3.8, 4) is 0 Å². The van der Waals surface area contributed by atoms with E-state index in [1.165, 1.54) is 0 Å². The second kappa shape index (κ2) is 4.22. The van der Waals surface area contributed by atoms with E-state index >= 15 is 0 Å². The number of ketones is 1. The summed E-state index contributed by atoms with van der Waals surface area (Å²) in [6.07, 6.45) is 0.645. The molecule has 0 N–H and O–H groups in total. The predicted molar refractivity (Wildman–Crippen MR) is 61.0 cm³/mol. The molecule has 88 valence electrons. The predicted octanol–water partition coefficient (Wildman–Crippen LogP) is 1.85. The van der Waals surface area contributed by atoms with Crippen molar-refractivity contribution >= 4 is 5.78 Å². The Morgan fingerprint density at radius 3 is 2.07 bits per heavy atom. The Kier molecular flexibility index (Phi) is 3.56. The highest BCUT2D eigenvalue weighted by Crippen LogP contribution is 2.27. The molecule has 1 heterocycles. The minimum atomic E-state index is -0.113. The van der Waals surface area contributed by atoms with Crippen LogP contribution in [0.2, 0.25) is 0 Å². The van der Waals surface area contributed by atoms with Gasteiger partial charge in [-0.05, 0) is 34.6 Å². The average Bonchev–Trinajstić information content (AvgIpc) is 1.94. The number of morpholine rings is 1. The summed E-state index contributed by atoms with van der Waals surface area (Å²) in [5.74, 6) is 0.261. The Labute approximate surface area is 92.8 Å². The normalized spacial score (nSPS) is 25.1. The van der Waals surface area contributed by atoms with E-state index in [0.29, 0.717) is 6.42 Å². The largest absolute Gasteiger partial charge is 0.367 e. The molecule has 0 radical (unpaired) electrons. The fourth-order valence-electron chi connectivity index (χ4n) is 2.42. The number of hydrogen-bond donors (Lipinski definition) is 0. The van der Waals surface area contributed by atoms with Gasteiger partial charge in [0.15, 0.2) is 0 Å². The maximum absolute atomic E-state index is 11.0. The molecule has 0 aromatic rings. The van der Waals surface area contributed by atoms with E-state index in [4.69, 9.17) is 4.74 Å². The van der Waals surface area contributed by atoms with Crippen LogP contribution in [0.5, 0.6) is 0 Å². The molecule has 0 atom stereocenters. The average molecular weight is 213 g/mol. The summed E-state index contributed by atoms with van der Waals surface area (Å²) >= 11 is 0. The van der Waals surface area contributed by atoms with E-state index in [1.807, 2.05) is 0 Å². The van der Waals surface area contributed by atoms with Gasteiger partial charge in [-0.3, -0.25) is 9.69 Å². The van der Waals surface area contributed by atoms with Gasteiger partial charge in [0.1, 0.15) is 5.78 Å². The van der Waals surface area contributed by atoms with Crippen molar-refractivity contribution in [1.82, 2.24) is 4.90 Å². The molecule has 3 heteroatoms. The number of carbonyl (C=O) groups is 1. The number of rotatable bonds is 3. The Morgan fingerprint density at radius 2 is 1.67 bits per heavy atom. The first-order chi connectivity index (χ1) is 6.70. The smallest absolute Gasteiger partial charge is 0.131 e. The van der Waals surface area contributed by atoms with Gasteiger partial charge >= 0.3 is 0 Å². The van der Waals surface area contributed by atoms with Gasteiger partial charge in [-0.25, -0.2) is 0 Å². The summed E-state index contributed by atoms with van der Waals surface area (Å²) in [6, 6.07) is 0. The number of ether oxygens (including phenoxy) is 1. The molecule has 1 saturated heterocycles. The molecule has 15 heavy (non-hydrogen) atoms. The molecule has 0 bridgehead atoms. The molecule has 1 fully saturated rings. The van der Waals surface area contributed by atoms with E-state index in [-0.39, 0.29) is 17.0 Å². The Balaban J connectivity index is 2.55. The van der Waals surface area contributed by atoms with E-state index in [2.05, 4.69) is 32.6 Å². The maximum atomic E-state index is 11.0. The lowest BCUT2D eigenvalue weighted by Gasteiger charge is -2.47. The summed E-state index contributed by atoms with van der Waals surface area (Å²) in [6.45, 7) is 12.7. The van der Waals surface area contributed by atoms with Gasteiger partial charge in [0.25, 0.3) is 0 Å². The first-order valence-electron chi connectivity index (χ1n) is 5.62. The third kappa shape index (κ3) is 4.31. The van der Waals surface area contributed by atoms with Gasteiger partial charge in [0.2, 0.25) is 0 Å². The van der Waals surface area contributed by atoms with Gasteiger partial charge in [-0.15, -0.1) is 0 Å². The lowest BCUT2D eigenvalue weighted by atomic mass is 9.99. The van der Waals surface area contributed by atoms with Crippen LogP contribution in [0.4, 0.5) is 0 Å². The minimum absolute atomic E-state index is 0.113. The molecule has 0 amide bonds. The molecular weight excluding hydrogens is 190 g/mol. The summed E-state index contributed by atoms with van der Waals surface area (Å²) < 4.78 is 5.97. The van der Waals surface area contributed by atoms with Gasteiger partial charge in [-0.1, -0.05) is 0 Å². The zero-order valence-corrected chi connectivity index (χ0v) is 10.6. The molecule has 0 aromatic carbocycles. The van der Waals surface area contributed by atoms with Gasteiger partial charge < -0.3 is 4.74 Å². The standard InChI is InChI=1S/C12H23NO2/c1-10(14)6-7-13-8-11(2,3)15-12(4,5)9-13/h6-9H2,1-5H3. The van der Waals surface area contributed by atoms with Crippen molar-refractivity contribution in [3.05, 3.63) is 0 Å². The van der Waals surface area contributed by atoms with E-state index in [0.717, 1.165) is 19.6 Å². The quantitative estimate of drug-likeness (QED) is 0.716. The van der Waals surface area contributed by atoms with Crippen LogP contribution >= 0.6 is 0 Å². The molecule has 1 aliphatic heterocycles. The van der Waals surface area contributed by atoms with E-state index < -0.39 is 0 Å². The lowest BCUT2D eigenvalue weighted by Crippen LogP contribution is -2.57. The fraction of sp³-hybridized carbons (Fsp3) is 0.917. The Morgan fingerprint density at radius 1 is 1.20 bits per heavy atom. The topological polar surface area (TPSA) is 29.5 Å². The molecule has 0 spiro atoms. The zero-order chi connectivity index (χ0) is 11.7. The molecule has 0 saturated carbocycles. The summed E-state index contributed by atoms with van der Waals surface area (Å²) in [5, 5.41) is 0. The van der Waals surface area contributed by atoms with Crippen LogP contribution in [0.25, 0.3) is 0 Å². The first-order valence-corrected chi connectivity index (χ1v) is 5.62. The van der Waals surface area contributed by atoms with E-state index in [9.17, 15) is 4.79 Å². The van der Waals surface area contributed by atoms with Gasteiger partial charge in [-0.2, -0.15) is 0 Å². The summed E-state index contributed by atoms with van der Waals surface area (Å²) in [7, 11) is 0. The second-order valence-corrected chi connectivity index (χ2v) is 5.78. The van der Waals surface area contributed by atoms with Crippen molar-refractivity contribution in [1.29, 1.82) is 0 Å². The molecule has 0 unspecified atom stereocenters. The van der Waals surface area contributed by atoms with E-state index in [1.54, 1.807) is 6.92 Å². The molecule has 0 aromatic heterocycles.